The molecule has 0 aromatic rings. The van der Waals surface area contributed by atoms with Crippen LogP contribution in [0, 0.1) is 5.92 Å². The van der Waals surface area contributed by atoms with Crippen molar-refractivity contribution in [1.29, 1.82) is 0 Å². The highest BCUT2D eigenvalue weighted by Gasteiger charge is 1.95. The molecule has 0 aromatic heterocycles. The van der Waals surface area contributed by atoms with E-state index in [-0.39, 0.29) is 7.43 Å². The van der Waals surface area contributed by atoms with Gasteiger partial charge in [-0.3, -0.25) is 0 Å². The molecule has 0 rings (SSSR count). The fourth-order valence-corrected chi connectivity index (χ4v) is 1.80. The molecule has 0 N–H and O–H groups in total. The zero-order chi connectivity index (χ0) is 23.5. The van der Waals surface area contributed by atoms with Crippen LogP contribution in [-0.4, -0.2) is 0 Å². The molecule has 0 aliphatic heterocycles. The van der Waals surface area contributed by atoms with Crippen LogP contribution in [0.5, 0.6) is 0 Å². The highest BCUT2D eigenvalue weighted by atomic mass is 14.0. The zero-order valence-corrected chi connectivity index (χ0v) is 23.5. The molecule has 1 unspecified atom stereocenters. The Kier molecular flexibility index (Phi) is 114. The van der Waals surface area contributed by atoms with Crippen molar-refractivity contribution in [2.45, 2.75) is 187 Å². The molecule has 0 spiro atoms. The van der Waals surface area contributed by atoms with Gasteiger partial charge in [0.15, 0.2) is 0 Å². The van der Waals surface area contributed by atoms with Crippen LogP contribution in [0.4, 0.5) is 0 Å². The van der Waals surface area contributed by atoms with E-state index in [0.717, 1.165) is 5.92 Å². The molecule has 0 radical (unpaired) electrons. The third kappa shape index (κ3) is 112. The summed E-state index contributed by atoms with van der Waals surface area (Å²) in [5.41, 5.74) is 0. The number of hydrogen-bond donors (Lipinski definition) is 0. The summed E-state index contributed by atoms with van der Waals surface area (Å²) in [7, 11) is 0. The smallest absolute Gasteiger partial charge is 0.0445 e. The zero-order valence-electron chi connectivity index (χ0n) is 23.5. The number of unbranched alkanes of at least 4 members (excludes halogenated alkanes) is 8. The van der Waals surface area contributed by atoms with Gasteiger partial charge in [-0.15, -0.1) is 0 Å². The summed E-state index contributed by atoms with van der Waals surface area (Å²) in [5.74, 6) is 0.955. The molecule has 0 heteroatoms. The fraction of sp³-hybridized carbons (Fsp3) is 1.00. The molecule has 0 nitrogen and oxygen atoms in total. The summed E-state index contributed by atoms with van der Waals surface area (Å²) in [4.78, 5) is 0. The summed E-state index contributed by atoms with van der Waals surface area (Å²) < 4.78 is 0. The van der Waals surface area contributed by atoms with Crippen LogP contribution in [0.2, 0.25) is 0 Å². The number of hydrogen-bond acceptors (Lipinski definition) is 0. The molecule has 188 valence electrons. The minimum atomic E-state index is 0. The highest BCUT2D eigenvalue weighted by Crippen LogP contribution is 2.11. The summed E-state index contributed by atoms with van der Waals surface area (Å²) in [6, 6.07) is 0. The predicted molar refractivity (Wildman–Crippen MR) is 149 cm³/mol. The molecule has 0 amide bonds. The maximum atomic E-state index is 2.34. The second kappa shape index (κ2) is 70.6. The Labute approximate surface area is 193 Å². The molecule has 0 saturated heterocycles. The lowest BCUT2D eigenvalue weighted by Gasteiger charge is -2.05. The van der Waals surface area contributed by atoms with Crippen LogP contribution in [0.1, 0.15) is 187 Å². The summed E-state index contributed by atoms with van der Waals surface area (Å²) >= 11 is 0. The van der Waals surface area contributed by atoms with Gasteiger partial charge in [0, 0.05) is 0 Å². The number of rotatable bonds is 11. The van der Waals surface area contributed by atoms with Gasteiger partial charge in [-0.25, -0.2) is 0 Å². The highest BCUT2D eigenvalue weighted by molar-refractivity contribution is 4.49. The van der Waals surface area contributed by atoms with Crippen LogP contribution in [0.3, 0.4) is 0 Å². The van der Waals surface area contributed by atoms with E-state index in [2.05, 4.69) is 62.3 Å². The van der Waals surface area contributed by atoms with E-state index in [1.165, 1.54) is 89.9 Å². The van der Waals surface area contributed by atoms with Crippen molar-refractivity contribution in [2.75, 3.05) is 0 Å². The second-order valence-electron chi connectivity index (χ2n) is 7.13. The standard InChI is InChI=1S/C9H20.C8H18.C4H10.C3H8.2C2H6.CH4/c1-4-6-7-8-9(3)5-2;1-3-5-7-8-6-4-2;1-3-4-2;1-3-2;2*1-2;/h9H,4-8H2,1-3H3;3-8H2,1-2H3;3-4H2,1-2H3;3H2,1-2H3;2*1-2H3;1H4. The van der Waals surface area contributed by atoms with Gasteiger partial charge in [-0.2, -0.15) is 0 Å². The summed E-state index contributed by atoms with van der Waals surface area (Å²) in [6.07, 6.45) is 19.4. The molecule has 0 heterocycles. The molecular formula is C29H72. The van der Waals surface area contributed by atoms with Gasteiger partial charge in [0.25, 0.3) is 0 Å². The fourth-order valence-electron chi connectivity index (χ4n) is 1.80. The van der Waals surface area contributed by atoms with Crippen LogP contribution in [0.25, 0.3) is 0 Å². The Hall–Kier alpha value is 0. The summed E-state index contributed by atoms with van der Waals surface area (Å²) in [5, 5.41) is 0. The first-order chi connectivity index (χ1) is 13.6. The molecule has 0 aromatic carbocycles. The first kappa shape index (κ1) is 47.0. The molecule has 0 bridgehead atoms. The monoisotopic (exact) mass is 421 g/mol. The Bertz CT molecular complexity index is 131. The van der Waals surface area contributed by atoms with Crippen molar-refractivity contribution in [2.24, 2.45) is 5.92 Å². The van der Waals surface area contributed by atoms with E-state index in [1.807, 2.05) is 27.7 Å². The van der Waals surface area contributed by atoms with Gasteiger partial charge in [-0.05, 0) is 5.92 Å². The third-order valence-electron chi connectivity index (χ3n) is 3.95. The van der Waals surface area contributed by atoms with Gasteiger partial charge in [0.1, 0.15) is 0 Å². The SMILES string of the molecule is C.CC.CC.CCC.CCCC.CCCCCC(C)CC.CCCCCCCC. The Morgan fingerprint density at radius 3 is 0.931 bits per heavy atom. The van der Waals surface area contributed by atoms with Crippen LogP contribution < -0.4 is 0 Å². The lowest BCUT2D eigenvalue weighted by atomic mass is 10.0. The van der Waals surface area contributed by atoms with Crippen molar-refractivity contribution in [3.05, 3.63) is 0 Å². The van der Waals surface area contributed by atoms with Crippen molar-refractivity contribution < 1.29 is 0 Å². The lowest BCUT2D eigenvalue weighted by Crippen LogP contribution is -1.90. The van der Waals surface area contributed by atoms with Gasteiger partial charge >= 0.3 is 0 Å². The normalized spacial score (nSPS) is 9.00. The molecule has 0 aliphatic carbocycles. The van der Waals surface area contributed by atoms with E-state index in [9.17, 15) is 0 Å². The largest absolute Gasteiger partial charge is 0.0776 e. The van der Waals surface area contributed by atoms with Gasteiger partial charge in [0.2, 0.25) is 0 Å². The Balaban J connectivity index is -0.0000000442. The van der Waals surface area contributed by atoms with Crippen molar-refractivity contribution >= 4 is 0 Å². The first-order valence-electron chi connectivity index (χ1n) is 13.6. The summed E-state index contributed by atoms with van der Waals surface area (Å²) in [6.45, 7) is 28.0. The van der Waals surface area contributed by atoms with Crippen molar-refractivity contribution in [3.63, 3.8) is 0 Å². The lowest BCUT2D eigenvalue weighted by molar-refractivity contribution is 0.482. The quantitative estimate of drug-likeness (QED) is 0.291. The van der Waals surface area contributed by atoms with Gasteiger partial charge < -0.3 is 0 Å². The van der Waals surface area contributed by atoms with Crippen LogP contribution in [-0.2, 0) is 0 Å². The molecule has 1 atom stereocenters. The minimum Gasteiger partial charge on any atom is -0.0776 e. The average molecular weight is 421 g/mol. The van der Waals surface area contributed by atoms with Crippen molar-refractivity contribution in [1.82, 2.24) is 0 Å². The first-order valence-corrected chi connectivity index (χ1v) is 13.6. The predicted octanol–water partition coefficient (Wildman–Crippen LogP) is 12.9. The minimum absolute atomic E-state index is 0. The van der Waals surface area contributed by atoms with E-state index in [4.69, 9.17) is 0 Å². The second-order valence-corrected chi connectivity index (χ2v) is 7.13. The van der Waals surface area contributed by atoms with E-state index < -0.39 is 0 Å². The molecule has 0 fully saturated rings. The van der Waals surface area contributed by atoms with Gasteiger partial charge in [0.05, 0.1) is 0 Å². The topological polar surface area (TPSA) is 0 Å². The Morgan fingerprint density at radius 1 is 0.448 bits per heavy atom. The average Bonchev–Trinajstić information content (AvgIpc) is 2.75. The maximum absolute atomic E-state index is 2.34. The Morgan fingerprint density at radius 2 is 0.724 bits per heavy atom. The van der Waals surface area contributed by atoms with E-state index in [1.54, 1.807) is 0 Å². The van der Waals surface area contributed by atoms with Gasteiger partial charge in [-0.1, -0.05) is 187 Å². The third-order valence-corrected chi connectivity index (χ3v) is 3.95. The maximum Gasteiger partial charge on any atom is -0.0445 e. The van der Waals surface area contributed by atoms with Crippen LogP contribution >= 0.6 is 0 Å². The van der Waals surface area contributed by atoms with E-state index >= 15 is 0 Å². The molecule has 29 heavy (non-hydrogen) atoms. The van der Waals surface area contributed by atoms with Crippen molar-refractivity contribution in [3.8, 4) is 0 Å². The molecular weight excluding hydrogens is 348 g/mol. The van der Waals surface area contributed by atoms with Crippen LogP contribution in [0.15, 0.2) is 0 Å². The molecule has 0 aliphatic rings. The molecule has 0 saturated carbocycles. The van der Waals surface area contributed by atoms with E-state index in [0.29, 0.717) is 0 Å².